The number of pyridine rings is 1. The summed E-state index contributed by atoms with van der Waals surface area (Å²) in [5, 5.41) is 9.03. The summed E-state index contributed by atoms with van der Waals surface area (Å²) in [5.74, 6) is 0.517. The number of carboxylic acids is 1. The summed E-state index contributed by atoms with van der Waals surface area (Å²) in [6.45, 7) is 6.72. The van der Waals surface area contributed by atoms with Gasteiger partial charge in [-0.1, -0.05) is 76.8 Å². The highest BCUT2D eigenvalue weighted by atomic mass is 16.5. The molecule has 2 heterocycles. The quantitative estimate of drug-likeness (QED) is 0.102. The standard InChI is InChI=1S/C37H45NO4/c1-4-5-6-7-8-14-35(29-18-16-28(17-19-29)25-27(2)3)42-32-22-20-30(21-23-32)37(41)33-26-31(12-11-15-36(39)40)38-24-10-9-13-34(33)38/h9-10,13,16-24,26-27,35H,4-8,11-12,14-15,25H2,1-3H3,(H,39,40). The third-order valence-electron chi connectivity index (χ3n) is 7.78. The Labute approximate surface area is 250 Å². The third kappa shape index (κ3) is 8.58. The first kappa shape index (κ1) is 31.1. The van der Waals surface area contributed by atoms with Crippen LogP contribution < -0.4 is 4.74 Å². The van der Waals surface area contributed by atoms with E-state index in [4.69, 9.17) is 9.84 Å². The fourth-order valence-corrected chi connectivity index (χ4v) is 5.59. The molecule has 2 aromatic heterocycles. The van der Waals surface area contributed by atoms with Crippen molar-refractivity contribution >= 4 is 17.3 Å². The van der Waals surface area contributed by atoms with Crippen LogP contribution in [0.5, 0.6) is 5.75 Å². The smallest absolute Gasteiger partial charge is 0.303 e. The zero-order valence-corrected chi connectivity index (χ0v) is 25.4. The number of carboxylic acid groups (broad SMARTS) is 1. The molecule has 0 fully saturated rings. The maximum Gasteiger partial charge on any atom is 0.303 e. The fraction of sp³-hybridized carbons (Fsp3) is 0.405. The van der Waals surface area contributed by atoms with Gasteiger partial charge in [-0.25, -0.2) is 0 Å². The number of unbranched alkanes of at least 4 members (excludes halogenated alkanes) is 4. The molecular weight excluding hydrogens is 522 g/mol. The van der Waals surface area contributed by atoms with Gasteiger partial charge in [0, 0.05) is 29.4 Å². The molecule has 1 unspecified atom stereocenters. The van der Waals surface area contributed by atoms with Gasteiger partial charge in [0.1, 0.15) is 11.9 Å². The van der Waals surface area contributed by atoms with Crippen LogP contribution in [0.4, 0.5) is 0 Å². The van der Waals surface area contributed by atoms with Crippen molar-refractivity contribution in [2.45, 2.75) is 91.1 Å². The molecule has 0 spiro atoms. The lowest BCUT2D eigenvalue weighted by molar-refractivity contribution is -0.137. The molecule has 0 aliphatic rings. The van der Waals surface area contributed by atoms with Crippen molar-refractivity contribution in [3.05, 3.63) is 107 Å². The molecule has 5 nitrogen and oxygen atoms in total. The molecule has 222 valence electrons. The Morgan fingerprint density at radius 1 is 0.881 bits per heavy atom. The van der Waals surface area contributed by atoms with Gasteiger partial charge in [0.25, 0.3) is 0 Å². The van der Waals surface area contributed by atoms with Crippen LogP contribution in [-0.2, 0) is 17.6 Å². The summed E-state index contributed by atoms with van der Waals surface area (Å²) in [7, 11) is 0. The van der Waals surface area contributed by atoms with Crippen LogP contribution in [0.1, 0.15) is 111 Å². The number of aryl methyl sites for hydroxylation is 1. The van der Waals surface area contributed by atoms with Crippen molar-refractivity contribution in [2.24, 2.45) is 5.92 Å². The Morgan fingerprint density at radius 3 is 2.31 bits per heavy atom. The van der Waals surface area contributed by atoms with Crippen LogP contribution >= 0.6 is 0 Å². The Bertz CT molecular complexity index is 1430. The molecule has 4 rings (SSSR count). The number of nitrogens with zero attached hydrogens (tertiary/aromatic N) is 1. The maximum absolute atomic E-state index is 13.6. The van der Waals surface area contributed by atoms with Crippen molar-refractivity contribution in [3.8, 4) is 5.75 Å². The number of ketones is 1. The van der Waals surface area contributed by atoms with Gasteiger partial charge in [-0.05, 0) is 91.6 Å². The topological polar surface area (TPSA) is 68.0 Å². The minimum absolute atomic E-state index is 0.0370. The van der Waals surface area contributed by atoms with Crippen molar-refractivity contribution in [3.63, 3.8) is 0 Å². The first-order valence-corrected chi connectivity index (χ1v) is 15.6. The van der Waals surface area contributed by atoms with E-state index in [0.717, 1.165) is 36.2 Å². The molecule has 0 radical (unpaired) electrons. The first-order valence-electron chi connectivity index (χ1n) is 15.6. The Morgan fingerprint density at radius 2 is 1.62 bits per heavy atom. The summed E-state index contributed by atoms with van der Waals surface area (Å²) < 4.78 is 8.53. The number of hydrogen-bond acceptors (Lipinski definition) is 3. The van der Waals surface area contributed by atoms with E-state index in [0.29, 0.717) is 29.9 Å². The number of aromatic nitrogens is 1. The number of ether oxygens (including phenoxy) is 1. The molecule has 0 amide bonds. The number of benzene rings is 2. The minimum Gasteiger partial charge on any atom is -0.486 e. The SMILES string of the molecule is CCCCCCCC(Oc1ccc(C(=O)c2cc(CCCC(=O)O)n3ccccc23)cc1)c1ccc(CC(C)C)cc1. The Balaban J connectivity index is 1.49. The molecule has 5 heteroatoms. The van der Waals surface area contributed by atoms with Gasteiger partial charge in [-0.15, -0.1) is 0 Å². The largest absolute Gasteiger partial charge is 0.486 e. The summed E-state index contributed by atoms with van der Waals surface area (Å²) in [5.41, 5.74) is 5.54. The highest BCUT2D eigenvalue weighted by Crippen LogP contribution is 2.29. The van der Waals surface area contributed by atoms with E-state index in [9.17, 15) is 9.59 Å². The zero-order valence-electron chi connectivity index (χ0n) is 25.4. The molecule has 2 aromatic carbocycles. The zero-order chi connectivity index (χ0) is 29.9. The second kappa shape index (κ2) is 15.4. The summed E-state index contributed by atoms with van der Waals surface area (Å²) >= 11 is 0. The van der Waals surface area contributed by atoms with Crippen molar-refractivity contribution in [2.75, 3.05) is 0 Å². The lowest BCUT2D eigenvalue weighted by Crippen LogP contribution is -2.09. The molecule has 0 saturated heterocycles. The minimum atomic E-state index is -0.809. The van der Waals surface area contributed by atoms with E-state index in [1.165, 1.54) is 36.8 Å². The van der Waals surface area contributed by atoms with Gasteiger partial charge in [-0.3, -0.25) is 9.59 Å². The van der Waals surface area contributed by atoms with Crippen molar-refractivity contribution in [1.29, 1.82) is 0 Å². The second-order valence-electron chi connectivity index (χ2n) is 11.8. The predicted molar refractivity (Wildman–Crippen MR) is 170 cm³/mol. The number of carbonyl (C=O) groups excluding carboxylic acids is 1. The van der Waals surface area contributed by atoms with Gasteiger partial charge in [0.2, 0.25) is 0 Å². The van der Waals surface area contributed by atoms with Crippen LogP contribution in [0.25, 0.3) is 5.52 Å². The normalized spacial score (nSPS) is 12.1. The van der Waals surface area contributed by atoms with E-state index in [2.05, 4.69) is 45.0 Å². The second-order valence-corrected chi connectivity index (χ2v) is 11.8. The molecule has 1 N–H and O–H groups in total. The highest BCUT2D eigenvalue weighted by molar-refractivity contribution is 6.13. The molecule has 42 heavy (non-hydrogen) atoms. The number of carbonyl (C=O) groups is 2. The van der Waals surface area contributed by atoms with Crippen molar-refractivity contribution < 1.29 is 19.4 Å². The first-order chi connectivity index (χ1) is 20.4. The summed E-state index contributed by atoms with van der Waals surface area (Å²) in [4.78, 5) is 24.6. The molecule has 4 aromatic rings. The number of aliphatic carboxylic acids is 1. The van der Waals surface area contributed by atoms with E-state index < -0.39 is 5.97 Å². The maximum atomic E-state index is 13.6. The number of rotatable bonds is 17. The molecule has 1 atom stereocenters. The van der Waals surface area contributed by atoms with E-state index >= 15 is 0 Å². The number of fused-ring (bicyclic) bond motifs is 1. The molecule has 0 aliphatic heterocycles. The monoisotopic (exact) mass is 567 g/mol. The average molecular weight is 568 g/mol. The lowest BCUT2D eigenvalue weighted by atomic mass is 9.98. The van der Waals surface area contributed by atoms with Gasteiger partial charge in [-0.2, -0.15) is 0 Å². The average Bonchev–Trinajstić information content (AvgIpc) is 3.35. The lowest BCUT2D eigenvalue weighted by Gasteiger charge is -2.20. The summed E-state index contributed by atoms with van der Waals surface area (Å²) in [6.07, 6.45) is 11.2. The Hall–Kier alpha value is -3.86. The van der Waals surface area contributed by atoms with Crippen molar-refractivity contribution in [1.82, 2.24) is 4.40 Å². The van der Waals surface area contributed by atoms with Crippen LogP contribution in [0.2, 0.25) is 0 Å². The molecule has 0 saturated carbocycles. The van der Waals surface area contributed by atoms with Crippen LogP contribution in [0.3, 0.4) is 0 Å². The summed E-state index contributed by atoms with van der Waals surface area (Å²) in [6, 6.07) is 24.0. The van der Waals surface area contributed by atoms with E-state index in [-0.39, 0.29) is 18.3 Å². The third-order valence-corrected chi connectivity index (χ3v) is 7.78. The van der Waals surface area contributed by atoms with Gasteiger partial charge >= 0.3 is 5.97 Å². The van der Waals surface area contributed by atoms with Gasteiger partial charge in [0.05, 0.1) is 5.52 Å². The molecule has 0 aliphatic carbocycles. The highest BCUT2D eigenvalue weighted by Gasteiger charge is 2.18. The van der Waals surface area contributed by atoms with Crippen LogP contribution in [0.15, 0.2) is 79.0 Å². The molecule has 0 bridgehead atoms. The predicted octanol–water partition coefficient (Wildman–Crippen LogP) is 9.26. The fourth-order valence-electron chi connectivity index (χ4n) is 5.59. The van der Waals surface area contributed by atoms with Gasteiger partial charge in [0.15, 0.2) is 5.78 Å². The number of hydrogen-bond donors (Lipinski definition) is 1. The molecular formula is C37H45NO4. The Kier molecular flexibility index (Phi) is 11.4. The van der Waals surface area contributed by atoms with Gasteiger partial charge < -0.3 is 14.2 Å². The van der Waals surface area contributed by atoms with Crippen LogP contribution in [-0.4, -0.2) is 21.3 Å². The van der Waals surface area contributed by atoms with E-state index in [1.54, 1.807) is 0 Å². The van der Waals surface area contributed by atoms with E-state index in [1.807, 2.05) is 59.1 Å². The van der Waals surface area contributed by atoms with Crippen LogP contribution in [0, 0.1) is 5.92 Å².